The first-order chi connectivity index (χ1) is 7.50. The molecule has 0 fully saturated rings. The van der Waals surface area contributed by atoms with Crippen molar-refractivity contribution in [1.82, 2.24) is 15.8 Å². The van der Waals surface area contributed by atoms with Gasteiger partial charge < -0.3 is 4.90 Å². The normalized spacial score (nSPS) is 9.44. The van der Waals surface area contributed by atoms with Crippen LogP contribution in [-0.4, -0.2) is 30.9 Å². The van der Waals surface area contributed by atoms with Crippen molar-refractivity contribution in [2.75, 3.05) is 14.1 Å². The number of halogens is 1. The summed E-state index contributed by atoms with van der Waals surface area (Å²) in [4.78, 5) is 23.9. The topological polar surface area (TPSA) is 61.4 Å². The number of nitrogens with one attached hydrogen (secondary N) is 2. The maximum Gasteiger partial charge on any atom is 0.335 e. The van der Waals surface area contributed by atoms with E-state index in [0.717, 1.165) is 0 Å². The Bertz CT molecular complexity index is 390. The second-order valence-electron chi connectivity index (χ2n) is 3.29. The van der Waals surface area contributed by atoms with E-state index in [-0.39, 0.29) is 0 Å². The van der Waals surface area contributed by atoms with Gasteiger partial charge >= 0.3 is 6.03 Å². The molecule has 0 saturated carbocycles. The average molecular weight is 242 g/mol. The van der Waals surface area contributed by atoms with E-state index >= 15 is 0 Å². The van der Waals surface area contributed by atoms with Crippen LogP contribution in [0.4, 0.5) is 4.79 Å². The third-order valence-corrected chi connectivity index (χ3v) is 2.05. The van der Waals surface area contributed by atoms with E-state index in [1.807, 2.05) is 0 Å². The van der Waals surface area contributed by atoms with Gasteiger partial charge in [0.1, 0.15) is 0 Å². The van der Waals surface area contributed by atoms with Crippen LogP contribution in [0, 0.1) is 0 Å². The predicted molar refractivity (Wildman–Crippen MR) is 61.1 cm³/mol. The summed E-state index contributed by atoms with van der Waals surface area (Å²) in [6.45, 7) is 0. The molecule has 0 spiro atoms. The minimum Gasteiger partial charge on any atom is -0.330 e. The maximum absolute atomic E-state index is 11.5. The van der Waals surface area contributed by atoms with Gasteiger partial charge in [-0.3, -0.25) is 10.2 Å². The van der Waals surface area contributed by atoms with Crippen molar-refractivity contribution < 1.29 is 9.59 Å². The molecule has 0 aliphatic heterocycles. The Morgan fingerprint density at radius 2 is 1.69 bits per heavy atom. The number of hydrogen-bond donors (Lipinski definition) is 2. The lowest BCUT2D eigenvalue weighted by Gasteiger charge is -2.12. The zero-order valence-electron chi connectivity index (χ0n) is 8.95. The van der Waals surface area contributed by atoms with E-state index in [1.54, 1.807) is 38.4 Å². The lowest BCUT2D eigenvalue weighted by Crippen LogP contribution is -2.46. The number of urea groups is 1. The van der Waals surface area contributed by atoms with Crippen LogP contribution in [0.25, 0.3) is 0 Å². The molecule has 5 nitrogen and oxygen atoms in total. The van der Waals surface area contributed by atoms with E-state index in [4.69, 9.17) is 11.6 Å². The van der Waals surface area contributed by atoms with Crippen LogP contribution in [0.3, 0.4) is 0 Å². The molecule has 0 bridgehead atoms. The molecule has 0 atom stereocenters. The molecule has 0 aliphatic rings. The van der Waals surface area contributed by atoms with Gasteiger partial charge in [0.25, 0.3) is 5.91 Å². The first-order valence-corrected chi connectivity index (χ1v) is 4.91. The Morgan fingerprint density at radius 3 is 2.19 bits per heavy atom. The zero-order valence-corrected chi connectivity index (χ0v) is 9.71. The van der Waals surface area contributed by atoms with E-state index in [9.17, 15) is 9.59 Å². The highest BCUT2D eigenvalue weighted by Crippen LogP contribution is 2.08. The standard InChI is InChI=1S/C10H12ClN3O2/c1-14(2)10(16)13-12-9(15)7-3-5-8(11)6-4-7/h3-6H,1-2H3,(H,12,15)(H,13,16). The fourth-order valence-corrected chi connectivity index (χ4v) is 1.02. The summed E-state index contributed by atoms with van der Waals surface area (Å²) in [6.07, 6.45) is 0. The minimum absolute atomic E-state index is 0.396. The molecule has 0 unspecified atom stereocenters. The van der Waals surface area contributed by atoms with Crippen molar-refractivity contribution in [2.45, 2.75) is 0 Å². The summed E-state index contributed by atoms with van der Waals surface area (Å²) >= 11 is 5.68. The summed E-state index contributed by atoms with van der Waals surface area (Å²) in [6, 6.07) is 5.94. The van der Waals surface area contributed by atoms with Gasteiger partial charge in [-0.1, -0.05) is 11.6 Å². The van der Waals surface area contributed by atoms with E-state index in [0.29, 0.717) is 10.6 Å². The number of carbonyl (C=O) groups is 2. The molecular formula is C10H12ClN3O2. The monoisotopic (exact) mass is 241 g/mol. The van der Waals surface area contributed by atoms with Crippen molar-refractivity contribution in [3.63, 3.8) is 0 Å². The van der Waals surface area contributed by atoms with E-state index in [1.165, 1.54) is 4.90 Å². The van der Waals surface area contributed by atoms with Gasteiger partial charge in [0.2, 0.25) is 0 Å². The van der Waals surface area contributed by atoms with Crippen LogP contribution in [0.1, 0.15) is 10.4 Å². The van der Waals surface area contributed by atoms with Gasteiger partial charge in [-0.15, -0.1) is 0 Å². The third kappa shape index (κ3) is 3.43. The predicted octanol–water partition coefficient (Wildman–Crippen LogP) is 1.26. The maximum atomic E-state index is 11.5. The first kappa shape index (κ1) is 12.3. The molecule has 1 aromatic rings. The molecular weight excluding hydrogens is 230 g/mol. The van der Waals surface area contributed by atoms with Gasteiger partial charge in [0, 0.05) is 24.7 Å². The number of amides is 3. The smallest absolute Gasteiger partial charge is 0.330 e. The van der Waals surface area contributed by atoms with Crippen LogP contribution < -0.4 is 10.9 Å². The molecule has 16 heavy (non-hydrogen) atoms. The number of carbonyl (C=O) groups excluding carboxylic acids is 2. The summed E-state index contributed by atoms with van der Waals surface area (Å²) in [5, 5.41) is 0.550. The number of benzene rings is 1. The number of hydrogen-bond acceptors (Lipinski definition) is 2. The molecule has 0 aromatic heterocycles. The van der Waals surface area contributed by atoms with Crippen LogP contribution in [0.15, 0.2) is 24.3 Å². The van der Waals surface area contributed by atoms with Crippen molar-refractivity contribution in [2.24, 2.45) is 0 Å². The second-order valence-corrected chi connectivity index (χ2v) is 3.72. The van der Waals surface area contributed by atoms with Gasteiger partial charge in [-0.25, -0.2) is 10.2 Å². The minimum atomic E-state index is -0.401. The molecule has 0 aliphatic carbocycles. The quantitative estimate of drug-likeness (QED) is 0.727. The first-order valence-electron chi connectivity index (χ1n) is 4.54. The molecule has 1 aromatic carbocycles. The van der Waals surface area contributed by atoms with Crippen LogP contribution in [0.2, 0.25) is 5.02 Å². The Morgan fingerprint density at radius 1 is 1.12 bits per heavy atom. The highest BCUT2D eigenvalue weighted by Gasteiger charge is 2.07. The van der Waals surface area contributed by atoms with E-state index in [2.05, 4.69) is 10.9 Å². The number of nitrogens with zero attached hydrogens (tertiary/aromatic N) is 1. The fraction of sp³-hybridized carbons (Fsp3) is 0.200. The fourth-order valence-electron chi connectivity index (χ4n) is 0.895. The van der Waals surface area contributed by atoms with Gasteiger partial charge in [-0.2, -0.15) is 0 Å². The van der Waals surface area contributed by atoms with Crippen molar-refractivity contribution in [3.05, 3.63) is 34.9 Å². The largest absolute Gasteiger partial charge is 0.335 e. The van der Waals surface area contributed by atoms with Crippen LogP contribution in [-0.2, 0) is 0 Å². The molecule has 0 heterocycles. The van der Waals surface area contributed by atoms with E-state index < -0.39 is 11.9 Å². The van der Waals surface area contributed by atoms with Crippen LogP contribution >= 0.6 is 11.6 Å². The van der Waals surface area contributed by atoms with Crippen LogP contribution in [0.5, 0.6) is 0 Å². The lowest BCUT2D eigenvalue weighted by molar-refractivity contribution is 0.0933. The molecule has 1 rings (SSSR count). The molecule has 0 radical (unpaired) electrons. The Balaban J connectivity index is 2.53. The Hall–Kier alpha value is -1.75. The number of hydrazine groups is 1. The molecule has 6 heteroatoms. The second kappa shape index (κ2) is 5.37. The van der Waals surface area contributed by atoms with Gasteiger partial charge in [-0.05, 0) is 24.3 Å². The third-order valence-electron chi connectivity index (χ3n) is 1.80. The Kier molecular flexibility index (Phi) is 4.13. The summed E-state index contributed by atoms with van der Waals surface area (Å²) in [5.41, 5.74) is 4.95. The van der Waals surface area contributed by atoms with Gasteiger partial charge in [0.05, 0.1) is 0 Å². The lowest BCUT2D eigenvalue weighted by atomic mass is 10.2. The number of rotatable bonds is 1. The summed E-state index contributed by atoms with van der Waals surface area (Å²) in [5.74, 6) is -0.396. The zero-order chi connectivity index (χ0) is 12.1. The highest BCUT2D eigenvalue weighted by atomic mass is 35.5. The molecule has 2 N–H and O–H groups in total. The SMILES string of the molecule is CN(C)C(=O)NNC(=O)c1ccc(Cl)cc1. The summed E-state index contributed by atoms with van der Waals surface area (Å²) in [7, 11) is 3.15. The molecule has 3 amide bonds. The Labute approximate surface area is 98.3 Å². The van der Waals surface area contributed by atoms with Crippen molar-refractivity contribution in [3.8, 4) is 0 Å². The summed E-state index contributed by atoms with van der Waals surface area (Å²) < 4.78 is 0. The molecule has 86 valence electrons. The van der Waals surface area contributed by atoms with Gasteiger partial charge in [0.15, 0.2) is 0 Å². The average Bonchev–Trinajstić information content (AvgIpc) is 2.26. The molecule has 0 saturated heterocycles. The van der Waals surface area contributed by atoms with Crippen molar-refractivity contribution >= 4 is 23.5 Å². The van der Waals surface area contributed by atoms with Crippen molar-refractivity contribution in [1.29, 1.82) is 0 Å². The highest BCUT2D eigenvalue weighted by molar-refractivity contribution is 6.30.